The van der Waals surface area contributed by atoms with Crippen LogP contribution in [0.15, 0.2) is 64.7 Å². The van der Waals surface area contributed by atoms with Crippen LogP contribution in [0.4, 0.5) is 0 Å². The molecule has 8 nitrogen and oxygen atoms in total. The zero-order valence-electron chi connectivity index (χ0n) is 14.3. The highest BCUT2D eigenvalue weighted by atomic mass is 32.2. The number of nitrogens with zero attached hydrogens (tertiary/aromatic N) is 2. The molecule has 1 amide bonds. The molecule has 9 heteroatoms. The summed E-state index contributed by atoms with van der Waals surface area (Å²) in [6, 6.07) is 11.1. The molecule has 1 heterocycles. The van der Waals surface area contributed by atoms with Crippen LogP contribution in [0.2, 0.25) is 0 Å². The van der Waals surface area contributed by atoms with Crippen LogP contribution in [0.5, 0.6) is 11.5 Å². The summed E-state index contributed by atoms with van der Waals surface area (Å²) in [5.74, 6) is -0.639. The van der Waals surface area contributed by atoms with E-state index in [1.807, 2.05) is 12.1 Å². The van der Waals surface area contributed by atoms with Crippen molar-refractivity contribution < 1.29 is 17.9 Å². The monoisotopic (exact) mass is 384 g/mol. The molecular formula is C18H16N4O4S. The third-order valence-electron chi connectivity index (χ3n) is 3.66. The van der Waals surface area contributed by atoms with Crippen molar-refractivity contribution in [3.05, 3.63) is 60.4 Å². The molecule has 0 aliphatic carbocycles. The van der Waals surface area contributed by atoms with E-state index in [-0.39, 0.29) is 16.2 Å². The van der Waals surface area contributed by atoms with Gasteiger partial charge in [0.1, 0.15) is 16.4 Å². The molecule has 138 valence electrons. The molecule has 0 spiro atoms. The van der Waals surface area contributed by atoms with E-state index in [4.69, 9.17) is 16.2 Å². The Hall–Kier alpha value is -3.46. The second-order valence-corrected chi connectivity index (χ2v) is 7.75. The second kappa shape index (κ2) is 7.04. The van der Waals surface area contributed by atoms with Crippen LogP contribution < -0.4 is 16.2 Å². The van der Waals surface area contributed by atoms with E-state index >= 15 is 0 Å². The van der Waals surface area contributed by atoms with Gasteiger partial charge in [0.25, 0.3) is 5.91 Å². The van der Waals surface area contributed by atoms with Crippen molar-refractivity contribution >= 4 is 32.5 Å². The molecule has 27 heavy (non-hydrogen) atoms. The molecule has 0 unspecified atom stereocenters. The number of hydrogen-bond donors (Lipinski definition) is 2. The van der Waals surface area contributed by atoms with Gasteiger partial charge in [0.15, 0.2) is 15.8 Å². The Bertz CT molecular complexity index is 1170. The van der Waals surface area contributed by atoms with E-state index in [9.17, 15) is 13.2 Å². The number of rotatable bonds is 4. The average Bonchev–Trinajstić information content (AvgIpc) is 2.60. The molecule has 2 aromatic carbocycles. The molecule has 0 saturated heterocycles. The number of aromatic nitrogens is 1. The van der Waals surface area contributed by atoms with Crippen molar-refractivity contribution in [2.45, 2.75) is 4.90 Å². The highest BCUT2D eigenvalue weighted by molar-refractivity contribution is 7.90. The predicted molar refractivity (Wildman–Crippen MR) is 102 cm³/mol. The SMILES string of the molecule is CS(=O)(=O)c1cc(C(=O)N=C(N)N)ccc1Oc1ccc2ccncc2c1. The highest BCUT2D eigenvalue weighted by Crippen LogP contribution is 2.31. The lowest BCUT2D eigenvalue weighted by Crippen LogP contribution is -2.24. The Morgan fingerprint density at radius 2 is 1.85 bits per heavy atom. The van der Waals surface area contributed by atoms with Gasteiger partial charge in [-0.1, -0.05) is 6.07 Å². The van der Waals surface area contributed by atoms with Gasteiger partial charge in [-0.3, -0.25) is 9.78 Å². The molecule has 0 saturated carbocycles. The first-order valence-corrected chi connectivity index (χ1v) is 9.63. The van der Waals surface area contributed by atoms with Crippen LogP contribution in [0, 0.1) is 0 Å². The normalized spacial score (nSPS) is 11.1. The molecule has 0 aliphatic heterocycles. The minimum Gasteiger partial charge on any atom is -0.456 e. The molecular weight excluding hydrogens is 368 g/mol. The lowest BCUT2D eigenvalue weighted by molar-refractivity contribution is 0.100. The van der Waals surface area contributed by atoms with Gasteiger partial charge in [0.2, 0.25) is 0 Å². The molecule has 1 aromatic heterocycles. The summed E-state index contributed by atoms with van der Waals surface area (Å²) in [5.41, 5.74) is 10.4. The number of amides is 1. The summed E-state index contributed by atoms with van der Waals surface area (Å²) in [6.07, 6.45) is 4.38. The summed E-state index contributed by atoms with van der Waals surface area (Å²) in [6.45, 7) is 0. The number of carbonyl (C=O) groups excluding carboxylic acids is 1. The number of aliphatic imine (C=N–C) groups is 1. The fourth-order valence-electron chi connectivity index (χ4n) is 2.45. The first-order chi connectivity index (χ1) is 12.7. The Morgan fingerprint density at radius 1 is 1.07 bits per heavy atom. The number of sulfone groups is 1. The van der Waals surface area contributed by atoms with Gasteiger partial charge in [0.05, 0.1) is 0 Å². The van der Waals surface area contributed by atoms with Crippen LogP contribution in [0.1, 0.15) is 10.4 Å². The molecule has 0 bridgehead atoms. The maximum atomic E-state index is 12.2. The van der Waals surface area contributed by atoms with Gasteiger partial charge < -0.3 is 16.2 Å². The summed E-state index contributed by atoms with van der Waals surface area (Å²) < 4.78 is 30.1. The van der Waals surface area contributed by atoms with Crippen LogP contribution >= 0.6 is 0 Å². The molecule has 0 atom stereocenters. The first-order valence-electron chi connectivity index (χ1n) is 7.74. The minimum atomic E-state index is -3.68. The van der Waals surface area contributed by atoms with Gasteiger partial charge in [-0.05, 0) is 41.8 Å². The fraction of sp³-hybridized carbons (Fsp3) is 0.0556. The minimum absolute atomic E-state index is 0.0267. The molecule has 0 radical (unpaired) electrons. The van der Waals surface area contributed by atoms with Gasteiger partial charge in [-0.2, -0.15) is 4.99 Å². The zero-order valence-corrected chi connectivity index (χ0v) is 15.1. The van der Waals surface area contributed by atoms with Crippen molar-refractivity contribution in [3.63, 3.8) is 0 Å². The Morgan fingerprint density at radius 3 is 2.56 bits per heavy atom. The highest BCUT2D eigenvalue weighted by Gasteiger charge is 2.18. The van der Waals surface area contributed by atoms with Crippen molar-refractivity contribution in [1.82, 2.24) is 4.98 Å². The standard InChI is InChI=1S/C18H16N4O4S/c1-27(24,25)16-9-12(17(23)22-18(19)20)3-5-15(16)26-14-4-2-11-6-7-21-10-13(11)8-14/h2-10H,1H3,(H4,19,20,22,23). The maximum Gasteiger partial charge on any atom is 0.280 e. The molecule has 0 fully saturated rings. The molecule has 3 rings (SSSR count). The summed E-state index contributed by atoms with van der Waals surface area (Å²) in [5, 5.41) is 1.81. The maximum absolute atomic E-state index is 12.2. The van der Waals surface area contributed by atoms with Crippen molar-refractivity contribution in [1.29, 1.82) is 0 Å². The summed E-state index contributed by atoms with van der Waals surface area (Å²) in [4.78, 5) is 19.3. The van der Waals surface area contributed by atoms with Crippen LogP contribution in [-0.2, 0) is 9.84 Å². The lowest BCUT2D eigenvalue weighted by atomic mass is 10.2. The molecule has 0 aliphatic rings. The van der Waals surface area contributed by atoms with Crippen molar-refractivity contribution in [2.24, 2.45) is 16.5 Å². The van der Waals surface area contributed by atoms with Gasteiger partial charge in [-0.15, -0.1) is 0 Å². The van der Waals surface area contributed by atoms with E-state index in [2.05, 4.69) is 9.98 Å². The number of nitrogens with two attached hydrogens (primary N) is 2. The van der Waals surface area contributed by atoms with Gasteiger partial charge >= 0.3 is 0 Å². The van der Waals surface area contributed by atoms with Crippen LogP contribution in [0.3, 0.4) is 0 Å². The smallest absolute Gasteiger partial charge is 0.280 e. The number of ether oxygens (including phenoxy) is 1. The third-order valence-corrected chi connectivity index (χ3v) is 4.78. The van der Waals surface area contributed by atoms with E-state index in [0.717, 1.165) is 17.0 Å². The third kappa shape index (κ3) is 4.21. The quantitative estimate of drug-likeness (QED) is 0.517. The molecule has 3 aromatic rings. The zero-order chi connectivity index (χ0) is 19.6. The molecule has 4 N–H and O–H groups in total. The fourth-order valence-corrected chi connectivity index (χ4v) is 3.27. The number of hydrogen-bond acceptors (Lipinski definition) is 5. The van der Waals surface area contributed by atoms with Crippen LogP contribution in [-0.4, -0.2) is 31.5 Å². The van der Waals surface area contributed by atoms with Crippen molar-refractivity contribution in [2.75, 3.05) is 6.26 Å². The summed E-state index contributed by atoms with van der Waals surface area (Å²) >= 11 is 0. The second-order valence-electron chi connectivity index (χ2n) is 5.76. The summed E-state index contributed by atoms with van der Waals surface area (Å²) in [7, 11) is -3.68. The van der Waals surface area contributed by atoms with E-state index in [0.29, 0.717) is 5.75 Å². The Kier molecular flexibility index (Phi) is 4.78. The number of benzene rings is 2. The predicted octanol–water partition coefficient (Wildman–Crippen LogP) is 1.84. The van der Waals surface area contributed by atoms with E-state index in [1.165, 1.54) is 18.2 Å². The topological polar surface area (TPSA) is 138 Å². The van der Waals surface area contributed by atoms with Crippen LogP contribution in [0.25, 0.3) is 10.8 Å². The lowest BCUT2D eigenvalue weighted by Gasteiger charge is -2.11. The van der Waals surface area contributed by atoms with E-state index < -0.39 is 21.7 Å². The van der Waals surface area contributed by atoms with Gasteiger partial charge in [-0.25, -0.2) is 8.42 Å². The Labute approximate surface area is 155 Å². The average molecular weight is 384 g/mol. The number of pyridine rings is 1. The Balaban J connectivity index is 2.03. The largest absolute Gasteiger partial charge is 0.456 e. The number of fused-ring (bicyclic) bond motifs is 1. The number of carbonyl (C=O) groups is 1. The van der Waals surface area contributed by atoms with Crippen molar-refractivity contribution in [3.8, 4) is 11.5 Å². The van der Waals surface area contributed by atoms with E-state index in [1.54, 1.807) is 24.5 Å². The van der Waals surface area contributed by atoms with Gasteiger partial charge in [0, 0.05) is 29.6 Å². The number of guanidine groups is 1. The first kappa shape index (κ1) is 18.3.